The summed E-state index contributed by atoms with van der Waals surface area (Å²) in [5, 5.41) is 11.3. The fraction of sp³-hybridized carbons (Fsp3) is 0.478. The highest BCUT2D eigenvalue weighted by Crippen LogP contribution is 2.12. The molecule has 0 aliphatic rings. The summed E-state index contributed by atoms with van der Waals surface area (Å²) in [6.45, 7) is 2.15. The topological polar surface area (TPSA) is 44.0 Å². The summed E-state index contributed by atoms with van der Waals surface area (Å²) >= 11 is 0. The molecule has 1 atom stereocenters. The van der Waals surface area contributed by atoms with E-state index in [9.17, 15) is 9.90 Å². The van der Waals surface area contributed by atoms with Crippen molar-refractivity contribution in [1.29, 1.82) is 0 Å². The molecule has 0 fully saturated rings. The smallest absolute Gasteiger partial charge is 0.197 e. The monoisotopic (exact) mass is 355 g/mol. The van der Waals surface area contributed by atoms with E-state index >= 15 is 0 Å². The minimum atomic E-state index is -0.998. The van der Waals surface area contributed by atoms with E-state index in [4.69, 9.17) is 0 Å². The zero-order valence-electron chi connectivity index (χ0n) is 16.1. The molecule has 0 N–H and O–H groups in total. The van der Waals surface area contributed by atoms with E-state index < -0.39 is 12.0 Å². The highest BCUT2D eigenvalue weighted by molar-refractivity contribution is 5.67. The first-order chi connectivity index (χ1) is 12.8. The van der Waals surface area contributed by atoms with Crippen LogP contribution in [0.5, 0.6) is 0 Å². The molecule has 0 spiro atoms. The van der Waals surface area contributed by atoms with Gasteiger partial charge in [-0.05, 0) is 38.5 Å². The van der Waals surface area contributed by atoms with Crippen LogP contribution in [-0.4, -0.2) is 5.97 Å². The number of hydrogen-bond donors (Lipinski definition) is 0. The lowest BCUT2D eigenvalue weighted by Gasteiger charge is -2.12. The van der Waals surface area contributed by atoms with Crippen molar-refractivity contribution in [2.75, 3.05) is 0 Å². The van der Waals surface area contributed by atoms with Crippen molar-refractivity contribution in [1.82, 2.24) is 0 Å². The SMILES string of the molecule is CC/C=C\C/C=C\C/C=C\CCCCCCC(C(=O)[O-])[n+]1ccccc1. The third kappa shape index (κ3) is 10.7. The lowest BCUT2D eigenvalue weighted by atomic mass is 10.1. The summed E-state index contributed by atoms with van der Waals surface area (Å²) < 4.78 is 1.73. The number of nitrogens with zero attached hydrogens (tertiary/aromatic N) is 1. The Balaban J connectivity index is 2.07. The van der Waals surface area contributed by atoms with E-state index in [-0.39, 0.29) is 0 Å². The Bertz CT molecular complexity index is 561. The van der Waals surface area contributed by atoms with E-state index in [1.54, 1.807) is 17.0 Å². The maximum absolute atomic E-state index is 11.3. The Kier molecular flexibility index (Phi) is 12.7. The summed E-state index contributed by atoms with van der Waals surface area (Å²) in [6, 6.07) is 5.02. The number of carboxylic acids is 1. The Labute approximate surface area is 158 Å². The molecule has 0 aliphatic heterocycles. The van der Waals surface area contributed by atoms with Gasteiger partial charge >= 0.3 is 0 Å². The van der Waals surface area contributed by atoms with Crippen molar-refractivity contribution in [3.63, 3.8) is 0 Å². The number of carbonyl (C=O) groups is 1. The fourth-order valence-electron chi connectivity index (χ4n) is 2.79. The Morgan fingerprint density at radius 2 is 1.50 bits per heavy atom. The molecule has 0 aromatic carbocycles. The molecule has 0 amide bonds. The number of unbranched alkanes of at least 4 members (excludes halogenated alkanes) is 4. The second-order valence-electron chi connectivity index (χ2n) is 6.44. The Hall–Kier alpha value is -2.16. The minimum Gasteiger partial charge on any atom is -0.543 e. The molecule has 142 valence electrons. The van der Waals surface area contributed by atoms with Crippen molar-refractivity contribution in [3.8, 4) is 0 Å². The van der Waals surface area contributed by atoms with E-state index in [1.807, 2.05) is 18.2 Å². The molecule has 1 aromatic rings. The van der Waals surface area contributed by atoms with Gasteiger partial charge in [0.2, 0.25) is 0 Å². The lowest BCUT2D eigenvalue weighted by Crippen LogP contribution is -2.48. The largest absolute Gasteiger partial charge is 0.543 e. The number of carboxylic acid groups (broad SMARTS) is 1. The van der Waals surface area contributed by atoms with E-state index in [0.29, 0.717) is 6.42 Å². The fourth-order valence-corrected chi connectivity index (χ4v) is 2.79. The zero-order chi connectivity index (χ0) is 18.9. The molecule has 1 unspecified atom stereocenters. The molecule has 0 aliphatic carbocycles. The van der Waals surface area contributed by atoms with Crippen LogP contribution in [0.3, 0.4) is 0 Å². The highest BCUT2D eigenvalue weighted by Gasteiger charge is 2.18. The van der Waals surface area contributed by atoms with Gasteiger partial charge in [-0.15, -0.1) is 0 Å². The van der Waals surface area contributed by atoms with Crippen LogP contribution in [0.25, 0.3) is 0 Å². The molecule has 0 bridgehead atoms. The molecule has 1 heterocycles. The summed E-state index contributed by atoms with van der Waals surface area (Å²) in [7, 11) is 0. The summed E-state index contributed by atoms with van der Waals surface area (Å²) in [5.74, 6) is -0.998. The van der Waals surface area contributed by atoms with Crippen molar-refractivity contribution >= 4 is 5.97 Å². The first-order valence-electron chi connectivity index (χ1n) is 9.87. The number of aliphatic carboxylic acids is 1. The van der Waals surface area contributed by atoms with Crippen LogP contribution >= 0.6 is 0 Å². The molecule has 1 rings (SSSR count). The van der Waals surface area contributed by atoms with Crippen LogP contribution in [0.4, 0.5) is 0 Å². The first-order valence-corrected chi connectivity index (χ1v) is 9.87. The summed E-state index contributed by atoms with van der Waals surface area (Å²) in [4.78, 5) is 11.3. The van der Waals surface area contributed by atoms with E-state index in [0.717, 1.165) is 51.4 Å². The highest BCUT2D eigenvalue weighted by atomic mass is 16.4. The average Bonchev–Trinajstić information content (AvgIpc) is 2.65. The number of rotatable bonds is 14. The molecule has 0 radical (unpaired) electrons. The predicted octanol–water partition coefficient (Wildman–Crippen LogP) is 4.46. The van der Waals surface area contributed by atoms with Gasteiger partial charge in [-0.25, -0.2) is 0 Å². The second-order valence-corrected chi connectivity index (χ2v) is 6.44. The standard InChI is InChI=1S/C23H33NO2/c1-2-3-4-5-6-7-8-9-10-11-12-13-14-16-19-22(23(25)26)24-20-17-15-18-21-24/h3-4,6-7,9-10,15,17-18,20-22H,2,5,8,11-14,16,19H2,1H3/b4-3-,7-6-,10-9-. The van der Waals surface area contributed by atoms with E-state index in [1.165, 1.54) is 0 Å². The molecule has 0 saturated carbocycles. The van der Waals surface area contributed by atoms with Crippen molar-refractivity contribution in [2.24, 2.45) is 0 Å². The van der Waals surface area contributed by atoms with Crippen molar-refractivity contribution in [3.05, 3.63) is 67.0 Å². The van der Waals surface area contributed by atoms with Gasteiger partial charge in [0.05, 0.1) is 0 Å². The molecule has 3 nitrogen and oxygen atoms in total. The molecule has 3 heteroatoms. The van der Waals surface area contributed by atoms with E-state index in [2.05, 4.69) is 43.4 Å². The quantitative estimate of drug-likeness (QED) is 0.281. The number of hydrogen-bond acceptors (Lipinski definition) is 2. The maximum atomic E-state index is 11.3. The normalized spacial score (nSPS) is 13.1. The van der Waals surface area contributed by atoms with Crippen molar-refractivity contribution in [2.45, 2.75) is 70.8 Å². The number of carbonyl (C=O) groups excluding carboxylic acids is 1. The summed E-state index contributed by atoms with van der Waals surface area (Å²) in [6.07, 6.45) is 26.0. The van der Waals surface area contributed by atoms with Crippen LogP contribution in [0.2, 0.25) is 0 Å². The zero-order valence-corrected chi connectivity index (χ0v) is 16.1. The number of aromatic nitrogens is 1. The average molecular weight is 356 g/mol. The number of pyridine rings is 1. The van der Waals surface area contributed by atoms with Crippen LogP contribution in [0, 0.1) is 0 Å². The van der Waals surface area contributed by atoms with Crippen LogP contribution < -0.4 is 9.67 Å². The first kappa shape index (κ1) is 21.9. The van der Waals surface area contributed by atoms with Gasteiger partial charge in [0.15, 0.2) is 18.4 Å². The van der Waals surface area contributed by atoms with Gasteiger partial charge in [-0.3, -0.25) is 0 Å². The molecular weight excluding hydrogens is 322 g/mol. The number of allylic oxidation sites excluding steroid dienone is 6. The van der Waals surface area contributed by atoms with Gasteiger partial charge in [-0.1, -0.05) is 62.3 Å². The Morgan fingerprint density at radius 1 is 0.885 bits per heavy atom. The summed E-state index contributed by atoms with van der Waals surface area (Å²) in [5.41, 5.74) is 0. The van der Waals surface area contributed by atoms with Crippen LogP contribution in [0.15, 0.2) is 67.0 Å². The minimum absolute atomic E-state index is 0.560. The molecular formula is C23H33NO2. The van der Waals surface area contributed by atoms with Gasteiger partial charge in [0, 0.05) is 18.6 Å². The third-order valence-electron chi connectivity index (χ3n) is 4.25. The third-order valence-corrected chi connectivity index (χ3v) is 4.25. The molecule has 0 saturated heterocycles. The van der Waals surface area contributed by atoms with Crippen LogP contribution in [0.1, 0.15) is 70.8 Å². The molecule has 1 aromatic heterocycles. The maximum Gasteiger partial charge on any atom is 0.197 e. The second kappa shape index (κ2) is 15.1. The molecule has 26 heavy (non-hydrogen) atoms. The van der Waals surface area contributed by atoms with Crippen LogP contribution in [-0.2, 0) is 4.79 Å². The predicted molar refractivity (Wildman–Crippen MR) is 105 cm³/mol. The Morgan fingerprint density at radius 3 is 2.15 bits per heavy atom. The van der Waals surface area contributed by atoms with Gasteiger partial charge in [-0.2, -0.15) is 4.57 Å². The lowest BCUT2D eigenvalue weighted by molar-refractivity contribution is -0.716. The van der Waals surface area contributed by atoms with Crippen molar-refractivity contribution < 1.29 is 14.5 Å². The van der Waals surface area contributed by atoms with Gasteiger partial charge < -0.3 is 9.90 Å². The van der Waals surface area contributed by atoms with Gasteiger partial charge in [0.1, 0.15) is 5.97 Å². The van der Waals surface area contributed by atoms with Gasteiger partial charge in [0.25, 0.3) is 0 Å².